The Morgan fingerprint density at radius 2 is 2.33 bits per heavy atom. The number of benzene rings is 1. The molecule has 1 aliphatic rings. The number of rotatable bonds is 2. The van der Waals surface area contributed by atoms with Crippen molar-refractivity contribution < 1.29 is 9.90 Å². The Kier molecular flexibility index (Phi) is 4.16. The number of carbonyl (C=O) groups excluding carboxylic acids is 1. The van der Waals surface area contributed by atoms with Crippen molar-refractivity contribution in [2.24, 2.45) is 12.0 Å². The summed E-state index contributed by atoms with van der Waals surface area (Å²) in [5.41, 5.74) is 1.24. The lowest BCUT2D eigenvalue weighted by Crippen LogP contribution is -2.43. The number of aromatic hydroxyl groups is 1. The Balaban J connectivity index is 2.07. The lowest BCUT2D eigenvalue weighted by Gasteiger charge is -2.17. The van der Waals surface area contributed by atoms with E-state index in [1.807, 2.05) is 0 Å². The number of nitrogens with zero attached hydrogens (tertiary/aromatic N) is 4. The van der Waals surface area contributed by atoms with E-state index >= 15 is 0 Å². The van der Waals surface area contributed by atoms with Crippen LogP contribution in [-0.2, 0) is 7.05 Å². The monoisotopic (exact) mass is 324 g/mol. The van der Waals surface area contributed by atoms with Gasteiger partial charge in [0.05, 0.1) is 18.3 Å². The third kappa shape index (κ3) is 2.92. The van der Waals surface area contributed by atoms with Crippen LogP contribution in [0.3, 0.4) is 0 Å². The molecule has 2 aromatic rings. The van der Waals surface area contributed by atoms with Crippen LogP contribution in [0.2, 0.25) is 0 Å². The number of hydrogen-bond acceptors (Lipinski definition) is 5. The van der Waals surface area contributed by atoms with Crippen LogP contribution in [0, 0.1) is 6.57 Å². The van der Waals surface area contributed by atoms with Crippen molar-refractivity contribution in [3.05, 3.63) is 41.5 Å². The van der Waals surface area contributed by atoms with Crippen LogP contribution in [0.25, 0.3) is 16.0 Å². The molecule has 0 atom stereocenters. The molecule has 1 aromatic heterocycles. The predicted molar refractivity (Wildman–Crippen MR) is 89.0 cm³/mol. The van der Waals surface area contributed by atoms with E-state index in [4.69, 9.17) is 6.57 Å². The molecule has 1 aliphatic heterocycles. The molecule has 8 nitrogen and oxygen atoms in total. The standard InChI is InChI=1S/C16H16N6O2/c1-17-11-4-5-12(23)14(13(11)10-8-20-22(2)9-10)15(24)21-16-18-6-3-7-19-16/h4-5,8-9,23H,3,6-7H2,2H3,(H2,18,19,21,24). The summed E-state index contributed by atoms with van der Waals surface area (Å²) >= 11 is 0. The number of hydrogen-bond donors (Lipinski definition) is 3. The molecule has 122 valence electrons. The van der Waals surface area contributed by atoms with Crippen molar-refractivity contribution in [1.82, 2.24) is 20.4 Å². The van der Waals surface area contributed by atoms with Crippen LogP contribution in [-0.4, -0.2) is 39.8 Å². The highest BCUT2D eigenvalue weighted by Gasteiger charge is 2.23. The SMILES string of the molecule is [C-]#[N+]c1ccc(O)c(C(=O)NC2=NCCCN2)c1-c1cnn(C)c1. The van der Waals surface area contributed by atoms with Gasteiger partial charge in [0.25, 0.3) is 5.91 Å². The Hall–Kier alpha value is -3.34. The molecule has 0 bridgehead atoms. The zero-order valence-electron chi connectivity index (χ0n) is 13.1. The van der Waals surface area contributed by atoms with Gasteiger partial charge in [-0.05, 0) is 12.5 Å². The van der Waals surface area contributed by atoms with Crippen molar-refractivity contribution in [2.45, 2.75) is 6.42 Å². The van der Waals surface area contributed by atoms with Crippen molar-refractivity contribution in [2.75, 3.05) is 13.1 Å². The first-order chi connectivity index (χ1) is 11.6. The minimum atomic E-state index is -0.523. The summed E-state index contributed by atoms with van der Waals surface area (Å²) in [6, 6.07) is 2.83. The van der Waals surface area contributed by atoms with Gasteiger partial charge in [0, 0.05) is 37.5 Å². The van der Waals surface area contributed by atoms with Crippen molar-refractivity contribution in [1.29, 1.82) is 0 Å². The van der Waals surface area contributed by atoms with Gasteiger partial charge in [-0.2, -0.15) is 5.10 Å². The molecule has 3 rings (SSSR count). The Labute approximate surface area is 138 Å². The molecule has 0 aliphatic carbocycles. The van der Waals surface area contributed by atoms with E-state index in [-0.39, 0.29) is 17.0 Å². The van der Waals surface area contributed by atoms with E-state index in [2.05, 4.69) is 25.6 Å². The highest BCUT2D eigenvalue weighted by molar-refractivity contribution is 6.12. The molecule has 0 radical (unpaired) electrons. The third-order valence-electron chi connectivity index (χ3n) is 3.63. The smallest absolute Gasteiger partial charge is 0.261 e. The van der Waals surface area contributed by atoms with Gasteiger partial charge in [-0.25, -0.2) is 4.85 Å². The van der Waals surface area contributed by atoms with Crippen LogP contribution in [0.5, 0.6) is 5.75 Å². The van der Waals surface area contributed by atoms with Crippen molar-refractivity contribution >= 4 is 17.6 Å². The van der Waals surface area contributed by atoms with E-state index in [9.17, 15) is 9.90 Å². The van der Waals surface area contributed by atoms with Crippen LogP contribution in [0.1, 0.15) is 16.8 Å². The average Bonchev–Trinajstić information content (AvgIpc) is 3.01. The Morgan fingerprint density at radius 3 is 2.96 bits per heavy atom. The van der Waals surface area contributed by atoms with Crippen molar-refractivity contribution in [3.8, 4) is 16.9 Å². The van der Waals surface area contributed by atoms with Gasteiger partial charge in [0.2, 0.25) is 0 Å². The second-order valence-corrected chi connectivity index (χ2v) is 5.33. The first kappa shape index (κ1) is 15.6. The summed E-state index contributed by atoms with van der Waals surface area (Å²) in [5, 5.41) is 20.0. The summed E-state index contributed by atoms with van der Waals surface area (Å²) in [7, 11) is 1.74. The van der Waals surface area contributed by atoms with Gasteiger partial charge in [-0.1, -0.05) is 6.07 Å². The molecule has 24 heavy (non-hydrogen) atoms. The van der Waals surface area contributed by atoms with Crippen LogP contribution < -0.4 is 10.6 Å². The van der Waals surface area contributed by atoms with E-state index in [1.54, 1.807) is 24.1 Å². The molecular weight excluding hydrogens is 308 g/mol. The lowest BCUT2D eigenvalue weighted by atomic mass is 9.98. The fourth-order valence-electron chi connectivity index (χ4n) is 2.53. The number of amides is 1. The zero-order valence-corrected chi connectivity index (χ0v) is 13.1. The maximum atomic E-state index is 12.7. The number of aliphatic imine (C=N–C) groups is 1. The van der Waals surface area contributed by atoms with Crippen LogP contribution in [0.4, 0.5) is 5.69 Å². The van der Waals surface area contributed by atoms with E-state index in [1.165, 1.54) is 12.1 Å². The Morgan fingerprint density at radius 1 is 1.50 bits per heavy atom. The first-order valence-electron chi connectivity index (χ1n) is 7.42. The van der Waals surface area contributed by atoms with Gasteiger partial charge in [-0.15, -0.1) is 0 Å². The second-order valence-electron chi connectivity index (χ2n) is 5.33. The molecule has 0 spiro atoms. The predicted octanol–water partition coefficient (Wildman–Crippen LogP) is 1.42. The molecule has 3 N–H and O–H groups in total. The molecule has 1 aromatic carbocycles. The fourth-order valence-corrected chi connectivity index (χ4v) is 2.53. The van der Waals surface area contributed by atoms with Gasteiger partial charge < -0.3 is 10.4 Å². The van der Waals surface area contributed by atoms with Gasteiger partial charge >= 0.3 is 0 Å². The molecule has 2 heterocycles. The van der Waals surface area contributed by atoms with Gasteiger partial charge in [-0.3, -0.25) is 19.8 Å². The summed E-state index contributed by atoms with van der Waals surface area (Å²) in [4.78, 5) is 20.3. The number of phenolic OH excluding ortho intramolecular Hbond substituents is 1. The molecule has 0 saturated heterocycles. The molecule has 0 unspecified atom stereocenters. The van der Waals surface area contributed by atoms with Crippen LogP contribution in [0.15, 0.2) is 29.5 Å². The van der Waals surface area contributed by atoms with E-state index < -0.39 is 5.91 Å². The Bertz CT molecular complexity index is 862. The van der Waals surface area contributed by atoms with Crippen LogP contribution >= 0.6 is 0 Å². The van der Waals surface area contributed by atoms with Gasteiger partial charge in [0.1, 0.15) is 5.75 Å². The summed E-state index contributed by atoms with van der Waals surface area (Å²) in [6.45, 7) is 8.71. The number of aryl methyl sites for hydroxylation is 1. The average molecular weight is 324 g/mol. The van der Waals surface area contributed by atoms with E-state index in [0.717, 1.165) is 13.0 Å². The minimum absolute atomic E-state index is 0.0339. The third-order valence-corrected chi connectivity index (χ3v) is 3.63. The maximum Gasteiger partial charge on any atom is 0.261 e. The fraction of sp³-hybridized carbons (Fsp3) is 0.250. The number of nitrogens with one attached hydrogen (secondary N) is 2. The molecule has 0 fully saturated rings. The molecule has 1 amide bonds. The first-order valence-corrected chi connectivity index (χ1v) is 7.42. The number of aromatic nitrogens is 2. The minimum Gasteiger partial charge on any atom is -0.507 e. The van der Waals surface area contributed by atoms with Gasteiger partial charge in [0.15, 0.2) is 11.6 Å². The number of phenols is 1. The summed E-state index contributed by atoms with van der Waals surface area (Å²) in [6.07, 6.45) is 4.14. The number of carbonyl (C=O) groups is 1. The second kappa shape index (κ2) is 6.42. The van der Waals surface area contributed by atoms with E-state index in [0.29, 0.717) is 23.6 Å². The molecular formula is C16H16N6O2. The quantitative estimate of drug-likeness (QED) is 0.728. The summed E-state index contributed by atoms with van der Waals surface area (Å²) < 4.78 is 1.57. The highest BCUT2D eigenvalue weighted by atomic mass is 16.3. The molecule has 0 saturated carbocycles. The maximum absolute atomic E-state index is 12.7. The number of guanidine groups is 1. The zero-order chi connectivity index (χ0) is 17.1. The normalized spacial score (nSPS) is 13.6. The highest BCUT2D eigenvalue weighted by Crippen LogP contribution is 2.38. The lowest BCUT2D eigenvalue weighted by molar-refractivity contribution is 0.0973. The summed E-state index contributed by atoms with van der Waals surface area (Å²) in [5.74, 6) is -0.351. The molecule has 8 heteroatoms. The van der Waals surface area contributed by atoms with Crippen molar-refractivity contribution in [3.63, 3.8) is 0 Å². The largest absolute Gasteiger partial charge is 0.507 e. The topological polar surface area (TPSA) is 95.9 Å².